The largest absolute Gasteiger partial charge is 0.495 e. The molecule has 0 atom stereocenters. The van der Waals surface area contributed by atoms with Crippen molar-refractivity contribution in [1.29, 1.82) is 0 Å². The quantitative estimate of drug-likeness (QED) is 0.890. The van der Waals surface area contributed by atoms with Crippen LogP contribution in [0.25, 0.3) is 0 Å². The van der Waals surface area contributed by atoms with Crippen molar-refractivity contribution in [3.05, 3.63) is 60.2 Å². The number of hydrogen-bond donors (Lipinski definition) is 1. The van der Waals surface area contributed by atoms with E-state index in [-0.39, 0.29) is 5.91 Å². The van der Waals surface area contributed by atoms with Crippen molar-refractivity contribution >= 4 is 11.6 Å². The average Bonchev–Trinajstić information content (AvgIpc) is 2.47. The summed E-state index contributed by atoms with van der Waals surface area (Å²) in [5.41, 5.74) is 1.88. The van der Waals surface area contributed by atoms with Crippen LogP contribution < -0.4 is 10.1 Å². The van der Waals surface area contributed by atoms with Crippen LogP contribution in [0.4, 0.5) is 5.69 Å². The Morgan fingerprint density at radius 2 is 1.74 bits per heavy atom. The minimum absolute atomic E-state index is 0.00615. The molecule has 1 amide bonds. The number of nitrogens with one attached hydrogen (secondary N) is 1. The maximum atomic E-state index is 11.9. The minimum atomic E-state index is -0.00615. The van der Waals surface area contributed by atoms with Gasteiger partial charge in [0.25, 0.3) is 0 Å². The van der Waals surface area contributed by atoms with Crippen molar-refractivity contribution in [2.45, 2.75) is 12.8 Å². The lowest BCUT2D eigenvalue weighted by Crippen LogP contribution is -2.13. The van der Waals surface area contributed by atoms with Gasteiger partial charge in [0.15, 0.2) is 0 Å². The van der Waals surface area contributed by atoms with E-state index in [1.165, 1.54) is 0 Å². The molecule has 0 aliphatic rings. The maximum Gasteiger partial charge on any atom is 0.224 e. The van der Waals surface area contributed by atoms with Gasteiger partial charge in [0.05, 0.1) is 12.8 Å². The second kappa shape index (κ2) is 6.59. The van der Waals surface area contributed by atoms with Crippen molar-refractivity contribution < 1.29 is 9.53 Å². The monoisotopic (exact) mass is 255 g/mol. The van der Waals surface area contributed by atoms with E-state index < -0.39 is 0 Å². The van der Waals surface area contributed by atoms with Crippen LogP contribution in [0.3, 0.4) is 0 Å². The van der Waals surface area contributed by atoms with Crippen molar-refractivity contribution in [3.8, 4) is 5.75 Å². The van der Waals surface area contributed by atoms with Crippen molar-refractivity contribution in [2.75, 3.05) is 12.4 Å². The highest BCUT2D eigenvalue weighted by Gasteiger charge is 2.06. The fourth-order valence-electron chi connectivity index (χ4n) is 1.86. The molecule has 3 nitrogen and oxygen atoms in total. The normalized spacial score (nSPS) is 9.95. The van der Waals surface area contributed by atoms with Gasteiger partial charge in [-0.2, -0.15) is 0 Å². The summed E-state index contributed by atoms with van der Waals surface area (Å²) in [6, 6.07) is 17.4. The Balaban J connectivity index is 1.91. The summed E-state index contributed by atoms with van der Waals surface area (Å²) in [6.07, 6.45) is 1.20. The summed E-state index contributed by atoms with van der Waals surface area (Å²) in [4.78, 5) is 11.9. The third kappa shape index (κ3) is 3.85. The van der Waals surface area contributed by atoms with Crippen LogP contribution in [-0.2, 0) is 11.2 Å². The van der Waals surface area contributed by atoms with E-state index in [0.717, 1.165) is 12.0 Å². The van der Waals surface area contributed by atoms with Gasteiger partial charge < -0.3 is 10.1 Å². The number of methoxy groups -OCH3 is 1. The van der Waals surface area contributed by atoms with E-state index in [9.17, 15) is 4.79 Å². The molecule has 0 radical (unpaired) electrons. The fraction of sp³-hybridized carbons (Fsp3) is 0.188. The lowest BCUT2D eigenvalue weighted by atomic mass is 10.1. The lowest BCUT2D eigenvalue weighted by Gasteiger charge is -2.09. The predicted octanol–water partition coefficient (Wildman–Crippen LogP) is 3.27. The first-order valence-corrected chi connectivity index (χ1v) is 6.26. The molecule has 2 aromatic carbocycles. The standard InChI is InChI=1S/C16H17NO2/c1-19-15-10-6-5-9-14(15)17-16(18)12-11-13-7-3-2-4-8-13/h2-10H,11-12H2,1H3,(H,17,18). The van der Waals surface area contributed by atoms with Gasteiger partial charge >= 0.3 is 0 Å². The van der Waals surface area contributed by atoms with Crippen molar-refractivity contribution in [2.24, 2.45) is 0 Å². The van der Waals surface area contributed by atoms with Crippen LogP contribution in [0, 0.1) is 0 Å². The van der Waals surface area contributed by atoms with Gasteiger partial charge in [-0.1, -0.05) is 42.5 Å². The summed E-state index contributed by atoms with van der Waals surface area (Å²) in [5, 5.41) is 2.87. The third-order valence-corrected chi connectivity index (χ3v) is 2.86. The zero-order valence-corrected chi connectivity index (χ0v) is 10.9. The first-order chi connectivity index (χ1) is 9.29. The van der Waals surface area contributed by atoms with Gasteiger partial charge in [-0.3, -0.25) is 4.79 Å². The molecular weight excluding hydrogens is 238 g/mol. The van der Waals surface area contributed by atoms with Crippen LogP contribution in [-0.4, -0.2) is 13.0 Å². The van der Waals surface area contributed by atoms with Crippen LogP contribution >= 0.6 is 0 Å². The second-order valence-corrected chi connectivity index (χ2v) is 4.23. The molecule has 0 spiro atoms. The van der Waals surface area contributed by atoms with Gasteiger partial charge in [-0.25, -0.2) is 0 Å². The SMILES string of the molecule is COc1ccccc1NC(=O)CCc1ccccc1. The molecule has 0 aliphatic carbocycles. The third-order valence-electron chi connectivity index (χ3n) is 2.86. The van der Waals surface area contributed by atoms with E-state index in [1.54, 1.807) is 7.11 Å². The Hall–Kier alpha value is -2.29. The summed E-state index contributed by atoms with van der Waals surface area (Å²) in [7, 11) is 1.59. The molecule has 0 unspecified atom stereocenters. The second-order valence-electron chi connectivity index (χ2n) is 4.23. The Kier molecular flexibility index (Phi) is 4.56. The summed E-state index contributed by atoms with van der Waals surface area (Å²) in [6.45, 7) is 0. The summed E-state index contributed by atoms with van der Waals surface area (Å²) in [5.74, 6) is 0.670. The first kappa shape index (κ1) is 13.1. The topological polar surface area (TPSA) is 38.3 Å². The molecule has 0 aromatic heterocycles. The Bertz CT molecular complexity index is 537. The maximum absolute atomic E-state index is 11.9. The number of para-hydroxylation sites is 2. The van der Waals surface area contributed by atoms with Gasteiger partial charge in [-0.05, 0) is 24.1 Å². The number of amides is 1. The van der Waals surface area contributed by atoms with Gasteiger partial charge in [-0.15, -0.1) is 0 Å². The molecule has 2 aromatic rings. The van der Waals surface area contributed by atoms with Crippen LogP contribution in [0.15, 0.2) is 54.6 Å². The molecule has 0 saturated carbocycles. The molecule has 0 bridgehead atoms. The zero-order valence-electron chi connectivity index (χ0n) is 10.9. The van der Waals surface area contributed by atoms with E-state index in [2.05, 4.69) is 5.32 Å². The van der Waals surface area contributed by atoms with Crippen molar-refractivity contribution in [3.63, 3.8) is 0 Å². The molecule has 0 aliphatic heterocycles. The van der Waals surface area contributed by atoms with E-state index >= 15 is 0 Å². The Labute approximate surface area is 113 Å². The molecular formula is C16H17NO2. The Morgan fingerprint density at radius 1 is 1.05 bits per heavy atom. The van der Waals surface area contributed by atoms with Gasteiger partial charge in [0.2, 0.25) is 5.91 Å². The van der Waals surface area contributed by atoms with Gasteiger partial charge in [0, 0.05) is 6.42 Å². The smallest absolute Gasteiger partial charge is 0.224 e. The molecule has 0 heterocycles. The number of carbonyl (C=O) groups excluding carboxylic acids is 1. The highest BCUT2D eigenvalue weighted by Crippen LogP contribution is 2.23. The summed E-state index contributed by atoms with van der Waals surface area (Å²) >= 11 is 0. The number of rotatable bonds is 5. The highest BCUT2D eigenvalue weighted by molar-refractivity contribution is 5.92. The minimum Gasteiger partial charge on any atom is -0.495 e. The number of ether oxygens (including phenoxy) is 1. The predicted molar refractivity (Wildman–Crippen MR) is 76.4 cm³/mol. The van der Waals surface area contributed by atoms with Crippen LogP contribution in [0.2, 0.25) is 0 Å². The fourth-order valence-corrected chi connectivity index (χ4v) is 1.86. The molecule has 1 N–H and O–H groups in total. The lowest BCUT2D eigenvalue weighted by molar-refractivity contribution is -0.116. The molecule has 0 saturated heterocycles. The highest BCUT2D eigenvalue weighted by atomic mass is 16.5. The number of aryl methyl sites for hydroxylation is 1. The van der Waals surface area contributed by atoms with E-state index in [1.807, 2.05) is 54.6 Å². The Morgan fingerprint density at radius 3 is 2.47 bits per heavy atom. The molecule has 2 rings (SSSR count). The van der Waals surface area contributed by atoms with Crippen LogP contribution in [0.5, 0.6) is 5.75 Å². The number of benzene rings is 2. The first-order valence-electron chi connectivity index (χ1n) is 6.26. The molecule has 0 fully saturated rings. The summed E-state index contributed by atoms with van der Waals surface area (Å²) < 4.78 is 5.19. The number of hydrogen-bond acceptors (Lipinski definition) is 2. The zero-order chi connectivity index (χ0) is 13.5. The molecule has 3 heteroatoms. The van der Waals surface area contributed by atoms with Crippen molar-refractivity contribution in [1.82, 2.24) is 0 Å². The molecule has 19 heavy (non-hydrogen) atoms. The van der Waals surface area contributed by atoms with Gasteiger partial charge in [0.1, 0.15) is 5.75 Å². The van der Waals surface area contributed by atoms with Crippen LogP contribution in [0.1, 0.15) is 12.0 Å². The number of carbonyl (C=O) groups is 1. The number of anilines is 1. The molecule has 98 valence electrons. The van der Waals surface area contributed by atoms with E-state index in [4.69, 9.17) is 4.74 Å². The average molecular weight is 255 g/mol. The van der Waals surface area contributed by atoms with E-state index in [0.29, 0.717) is 17.9 Å².